The third kappa shape index (κ3) is 11.5. The predicted molar refractivity (Wildman–Crippen MR) is 45.9 cm³/mol. The molecule has 7 heteroatoms. The van der Waals surface area contributed by atoms with Crippen molar-refractivity contribution in [1.29, 1.82) is 5.41 Å². The number of likely N-dealkylation sites (N-methyl/N-ethyl adjacent to an activating group) is 1. The number of nitrogens with zero attached hydrogens (tertiary/aromatic N) is 1. The largest absolute Gasteiger partial charge is 0.480 e. The molecule has 0 aliphatic rings. The van der Waals surface area contributed by atoms with Crippen LogP contribution in [-0.2, 0) is 4.79 Å². The lowest BCUT2D eigenvalue weighted by atomic mass is 10.6. The van der Waals surface area contributed by atoms with Crippen LogP contribution in [0.1, 0.15) is 0 Å². The van der Waals surface area contributed by atoms with E-state index in [9.17, 15) is 4.79 Å². The van der Waals surface area contributed by atoms with Gasteiger partial charge in [0.25, 0.3) is 0 Å². The predicted octanol–water partition coefficient (Wildman–Crippen LogP) is -2.35. The van der Waals surface area contributed by atoms with Crippen molar-refractivity contribution in [3.05, 3.63) is 0 Å². The minimum atomic E-state index is -0.993. The van der Waals surface area contributed by atoms with Crippen LogP contribution in [-0.4, -0.2) is 48.1 Å². The van der Waals surface area contributed by atoms with Crippen molar-refractivity contribution in [2.75, 3.05) is 20.6 Å². The van der Waals surface area contributed by atoms with E-state index in [-0.39, 0.29) is 18.0 Å². The van der Waals surface area contributed by atoms with E-state index in [1.165, 1.54) is 14.1 Å². The van der Waals surface area contributed by atoms with Crippen LogP contribution < -0.4 is 11.5 Å². The van der Waals surface area contributed by atoms with Gasteiger partial charge in [0.1, 0.15) is 6.54 Å². The van der Waals surface area contributed by atoms with E-state index in [2.05, 4.69) is 5.73 Å². The zero-order valence-electron chi connectivity index (χ0n) is 7.16. The van der Waals surface area contributed by atoms with Gasteiger partial charge in [0, 0.05) is 7.05 Å². The van der Waals surface area contributed by atoms with Crippen LogP contribution in [0, 0.1) is 5.41 Å². The van der Waals surface area contributed by atoms with Gasteiger partial charge >= 0.3 is 5.97 Å². The average Bonchev–Trinajstić information content (AvgIpc) is 1.90. The van der Waals surface area contributed by atoms with Gasteiger partial charge in [-0.25, -0.2) is 0 Å². The number of aliphatic carboxylic acids is 1. The van der Waals surface area contributed by atoms with Crippen molar-refractivity contribution in [1.82, 2.24) is 4.90 Å². The summed E-state index contributed by atoms with van der Waals surface area (Å²) in [6.07, 6.45) is 0. The number of carboxylic acid groups (broad SMARTS) is 1. The zero-order valence-corrected chi connectivity index (χ0v) is 7.16. The Balaban J connectivity index is -0.000000249. The number of nitrogens with two attached hydrogens (primary N) is 2. The van der Waals surface area contributed by atoms with Gasteiger partial charge in [-0.05, 0) is 7.05 Å². The fraction of sp³-hybridized carbons (Fsp3) is 0.600. The first-order valence-electron chi connectivity index (χ1n) is 2.88. The molecule has 0 radical (unpaired) electrons. The summed E-state index contributed by atoms with van der Waals surface area (Å²) in [6, 6.07) is 0. The molecular weight excluding hydrogens is 164 g/mol. The van der Waals surface area contributed by atoms with Crippen molar-refractivity contribution in [2.45, 2.75) is 0 Å². The SMILES string of the molecule is CN.CN(CC(=O)O)C(=N)N.O. The van der Waals surface area contributed by atoms with Gasteiger partial charge in [-0.2, -0.15) is 0 Å². The maximum Gasteiger partial charge on any atom is 0.323 e. The number of guanidine groups is 1. The molecule has 0 saturated heterocycles. The molecule has 0 saturated carbocycles. The average molecular weight is 180 g/mol. The first-order valence-corrected chi connectivity index (χ1v) is 2.88. The van der Waals surface area contributed by atoms with Crippen LogP contribution in [0.15, 0.2) is 0 Å². The summed E-state index contributed by atoms with van der Waals surface area (Å²) in [7, 11) is 2.94. The topological polar surface area (TPSA) is 148 Å². The van der Waals surface area contributed by atoms with E-state index in [0.29, 0.717) is 0 Å². The molecule has 8 N–H and O–H groups in total. The maximum absolute atomic E-state index is 9.92. The van der Waals surface area contributed by atoms with E-state index in [4.69, 9.17) is 16.2 Å². The summed E-state index contributed by atoms with van der Waals surface area (Å²) in [5.41, 5.74) is 9.43. The summed E-state index contributed by atoms with van der Waals surface area (Å²) < 4.78 is 0. The standard InChI is InChI=1S/C4H9N3O2.CH5N.H2O/c1-7(4(5)6)2-3(8)9;1-2;/h2H2,1H3,(H3,5,6)(H,8,9);2H2,1H3;1H2. The minimum absolute atomic E-state index is 0. The van der Waals surface area contributed by atoms with Gasteiger partial charge in [0.05, 0.1) is 0 Å². The Labute approximate surface area is 70.8 Å². The number of carbonyl (C=O) groups is 1. The molecule has 7 nitrogen and oxygen atoms in total. The highest BCUT2D eigenvalue weighted by Gasteiger charge is 2.03. The molecule has 0 fully saturated rings. The highest BCUT2D eigenvalue weighted by Crippen LogP contribution is 1.76. The third-order valence-corrected chi connectivity index (χ3v) is 0.784. The van der Waals surface area contributed by atoms with Crippen LogP contribution in [0.25, 0.3) is 0 Å². The van der Waals surface area contributed by atoms with Gasteiger partial charge in [0.15, 0.2) is 5.96 Å². The second-order valence-corrected chi connectivity index (χ2v) is 1.64. The molecule has 0 spiro atoms. The third-order valence-electron chi connectivity index (χ3n) is 0.784. The van der Waals surface area contributed by atoms with E-state index < -0.39 is 5.97 Å². The second kappa shape index (κ2) is 9.66. The molecule has 0 aliphatic heterocycles. The number of rotatable bonds is 2. The van der Waals surface area contributed by atoms with Crippen LogP contribution in [0.3, 0.4) is 0 Å². The Bertz CT molecular complexity index is 139. The first kappa shape index (κ1) is 17.0. The van der Waals surface area contributed by atoms with Crippen LogP contribution in [0.5, 0.6) is 0 Å². The molecule has 0 atom stereocenters. The summed E-state index contributed by atoms with van der Waals surface area (Å²) in [4.78, 5) is 11.0. The molecule has 0 rings (SSSR count). The van der Waals surface area contributed by atoms with Gasteiger partial charge in [-0.3, -0.25) is 10.2 Å². The molecule has 0 bridgehead atoms. The van der Waals surface area contributed by atoms with Crippen molar-refractivity contribution >= 4 is 11.9 Å². The van der Waals surface area contributed by atoms with E-state index in [0.717, 1.165) is 4.90 Å². The molecule has 0 aromatic heterocycles. The van der Waals surface area contributed by atoms with Crippen LogP contribution in [0.4, 0.5) is 0 Å². The molecule has 0 aromatic rings. The highest BCUT2D eigenvalue weighted by atomic mass is 16.4. The molecule has 0 unspecified atom stereocenters. The van der Waals surface area contributed by atoms with Crippen molar-refractivity contribution in [3.63, 3.8) is 0 Å². The summed E-state index contributed by atoms with van der Waals surface area (Å²) >= 11 is 0. The van der Waals surface area contributed by atoms with Crippen LogP contribution in [0.2, 0.25) is 0 Å². The lowest BCUT2D eigenvalue weighted by Gasteiger charge is -2.12. The molecule has 0 heterocycles. The Kier molecular flexibility index (Phi) is 13.6. The molecule has 0 aliphatic carbocycles. The van der Waals surface area contributed by atoms with E-state index in [1.807, 2.05) is 0 Å². The normalized spacial score (nSPS) is 6.92. The first-order chi connectivity index (χ1) is 5.04. The van der Waals surface area contributed by atoms with Gasteiger partial charge < -0.3 is 26.9 Å². The van der Waals surface area contributed by atoms with E-state index >= 15 is 0 Å². The second-order valence-electron chi connectivity index (χ2n) is 1.64. The van der Waals surface area contributed by atoms with Gasteiger partial charge in [-0.15, -0.1) is 0 Å². The monoisotopic (exact) mass is 180 g/mol. The smallest absolute Gasteiger partial charge is 0.323 e. The lowest BCUT2D eigenvalue weighted by Crippen LogP contribution is -2.36. The van der Waals surface area contributed by atoms with Gasteiger partial charge in [-0.1, -0.05) is 0 Å². The van der Waals surface area contributed by atoms with Crippen molar-refractivity contribution < 1.29 is 15.4 Å². The number of hydrogen-bond acceptors (Lipinski definition) is 3. The Hall–Kier alpha value is -1.34. The quantitative estimate of drug-likeness (QED) is 0.277. The van der Waals surface area contributed by atoms with Crippen molar-refractivity contribution in [3.8, 4) is 0 Å². The molecule has 0 amide bonds. The fourth-order valence-corrected chi connectivity index (χ4v) is 0.288. The summed E-state index contributed by atoms with van der Waals surface area (Å²) in [5.74, 6) is -1.23. The number of carboxylic acids is 1. The summed E-state index contributed by atoms with van der Waals surface area (Å²) in [5, 5.41) is 14.9. The number of nitrogens with one attached hydrogen (secondary N) is 1. The number of hydrogen-bond donors (Lipinski definition) is 4. The van der Waals surface area contributed by atoms with Gasteiger partial charge in [0.2, 0.25) is 0 Å². The lowest BCUT2D eigenvalue weighted by molar-refractivity contribution is -0.137. The minimum Gasteiger partial charge on any atom is -0.480 e. The summed E-state index contributed by atoms with van der Waals surface area (Å²) in [6.45, 7) is -0.227. The Morgan fingerprint density at radius 2 is 1.92 bits per heavy atom. The molecule has 12 heavy (non-hydrogen) atoms. The Morgan fingerprint density at radius 3 is 2.00 bits per heavy atom. The molecule has 74 valence electrons. The maximum atomic E-state index is 9.92. The molecule has 0 aromatic carbocycles. The van der Waals surface area contributed by atoms with E-state index in [1.54, 1.807) is 0 Å². The zero-order chi connectivity index (χ0) is 9.44. The highest BCUT2D eigenvalue weighted by molar-refractivity contribution is 5.79. The van der Waals surface area contributed by atoms with Crippen molar-refractivity contribution in [2.24, 2.45) is 11.5 Å². The fourth-order valence-electron chi connectivity index (χ4n) is 0.288. The van der Waals surface area contributed by atoms with Crippen LogP contribution >= 0.6 is 0 Å². The molecular formula is C5H16N4O3. The Morgan fingerprint density at radius 1 is 1.58 bits per heavy atom.